The fourth-order valence-corrected chi connectivity index (χ4v) is 20.5. The Morgan fingerprint density at radius 1 is 0.355 bits per heavy atom. The highest BCUT2D eigenvalue weighted by atomic mass is 35.5. The summed E-state index contributed by atoms with van der Waals surface area (Å²) < 4.78 is 6.75. The van der Waals surface area contributed by atoms with Crippen LogP contribution in [0.5, 0.6) is 0 Å². The van der Waals surface area contributed by atoms with E-state index in [4.69, 9.17) is 72.8 Å². The molecule has 1 aliphatic heterocycles. The molecule has 0 amide bonds. The summed E-state index contributed by atoms with van der Waals surface area (Å²) in [5.74, 6) is 2.95. The van der Waals surface area contributed by atoms with Crippen molar-refractivity contribution in [3.63, 3.8) is 0 Å². The van der Waals surface area contributed by atoms with Crippen molar-refractivity contribution in [3.05, 3.63) is 279 Å². The van der Waals surface area contributed by atoms with E-state index in [2.05, 4.69) is 90.4 Å². The van der Waals surface area contributed by atoms with Gasteiger partial charge in [-0.15, -0.1) is 0 Å². The van der Waals surface area contributed by atoms with Gasteiger partial charge in [-0.25, -0.2) is 19.9 Å². The normalized spacial score (nSPS) is 17.4. The Balaban J connectivity index is 0.000000130. The molecule has 3 aliphatic carbocycles. The number of pyridine rings is 8. The van der Waals surface area contributed by atoms with Crippen LogP contribution in [0.25, 0.3) is 134 Å². The van der Waals surface area contributed by atoms with Gasteiger partial charge in [0.25, 0.3) is 22.2 Å². The predicted octanol–water partition coefficient (Wildman–Crippen LogP) is 20.7. The summed E-state index contributed by atoms with van der Waals surface area (Å²) >= 11 is 26.8. The summed E-state index contributed by atoms with van der Waals surface area (Å²) in [6.45, 7) is 20.6. The lowest BCUT2D eigenvalue weighted by Gasteiger charge is -2.30. The van der Waals surface area contributed by atoms with Crippen LogP contribution in [0.2, 0.25) is 20.1 Å². The number of benzene rings is 4. The molecule has 4 aromatic carbocycles. The zero-order chi connectivity index (χ0) is 98.8. The standard InChI is InChI=1S/C30H35ClN6O.2C27H29ClN6O.C25H25ClN6O/c1-5-37-28-22(17-32-30(35-28)34-23-12-9-20(10-13-23)18-36(3)4)15-25(29(37)38)24-14-11-21(16-26(24)31)27-8-6-7-19(2)33-27;2*1-3-34-25-18(15-30-27(33-25)32-20-10-8-19(29)9-11-20)13-22(26(34)35)21-12-7-17(14-23(21)28)24-6-4-5-16(2)31-24;1-3-32-23-17(13-29-25(31-23)30-18-8-10-27-14-18)11-20(24(32)33)19-7-6-16(12-21(19)26)22-15(2)5-4-9-28-22/h6-8,11,14-17,20,23H,5,9-10,12-13,18H2,1-4H3,(H,32,34,35);2*4-7,12-15,19-20H,3,8-11,29H2,1-2H3,(H,30,32,33);4-7,9,11-13,18,27H,3,8,10,14H2,1-2H3,(H,29,30,31). The maximum atomic E-state index is 13.6. The fourth-order valence-electron chi connectivity index (χ4n) is 19.4. The topological polar surface area (TPSA) is 358 Å². The summed E-state index contributed by atoms with van der Waals surface area (Å²) in [5, 5.41) is 22.2. The Bertz CT molecular complexity index is 7330. The quantitative estimate of drug-likeness (QED) is 0.0331. The van der Waals surface area contributed by atoms with Gasteiger partial charge < -0.3 is 43.0 Å². The van der Waals surface area contributed by atoms with Gasteiger partial charge in [0.1, 0.15) is 22.6 Å². The number of hydrogen-bond donors (Lipinski definition) is 7. The minimum absolute atomic E-state index is 0.114. The van der Waals surface area contributed by atoms with Crippen LogP contribution >= 0.6 is 46.4 Å². The average Bonchev–Trinajstić information content (AvgIpc) is 1.33. The van der Waals surface area contributed by atoms with Crippen LogP contribution in [0.15, 0.2) is 214 Å². The molecule has 4 fully saturated rings. The third kappa shape index (κ3) is 23.1. The number of nitrogens with zero attached hydrogens (tertiary/aromatic N) is 17. The van der Waals surface area contributed by atoms with Crippen LogP contribution in [0, 0.1) is 33.6 Å². The van der Waals surface area contributed by atoms with Gasteiger partial charge in [0.05, 0.1) is 22.8 Å². The lowest BCUT2D eigenvalue weighted by atomic mass is 9.86. The molecule has 13 heterocycles. The second-order valence-electron chi connectivity index (χ2n) is 37.2. The molecular weight excluding hydrogens is 1850 g/mol. The Kier molecular flexibility index (Phi) is 31.6. The van der Waals surface area contributed by atoms with E-state index in [1.54, 1.807) is 49.3 Å². The number of rotatable bonds is 22. The molecule has 20 rings (SSSR count). The van der Waals surface area contributed by atoms with Crippen LogP contribution in [0.1, 0.15) is 134 Å². The Labute approximate surface area is 839 Å². The van der Waals surface area contributed by atoms with E-state index in [0.717, 1.165) is 185 Å². The molecule has 12 aromatic heterocycles. The maximum Gasteiger partial charge on any atom is 0.260 e. The van der Waals surface area contributed by atoms with Crippen LogP contribution in [-0.4, -0.2) is 153 Å². The smallest absolute Gasteiger partial charge is 0.260 e. The van der Waals surface area contributed by atoms with Gasteiger partial charge in [0.2, 0.25) is 23.8 Å². The van der Waals surface area contributed by atoms with Crippen LogP contribution in [0.4, 0.5) is 23.8 Å². The van der Waals surface area contributed by atoms with Gasteiger partial charge in [-0.2, -0.15) is 19.9 Å². The van der Waals surface area contributed by atoms with Crippen molar-refractivity contribution in [3.8, 4) is 89.5 Å². The molecule has 3 saturated carbocycles. The Morgan fingerprint density at radius 2 is 0.667 bits per heavy atom. The lowest BCUT2D eigenvalue weighted by molar-refractivity contribution is 0.255. The first-order valence-electron chi connectivity index (χ1n) is 48.7. The number of nitrogens with two attached hydrogens (primary N) is 2. The summed E-state index contributed by atoms with van der Waals surface area (Å²) in [6, 6.07) is 53.5. The highest BCUT2D eigenvalue weighted by molar-refractivity contribution is 6.35. The summed E-state index contributed by atoms with van der Waals surface area (Å²) in [7, 11) is 4.27. The van der Waals surface area contributed by atoms with Gasteiger partial charge in [0, 0.05) is 232 Å². The van der Waals surface area contributed by atoms with E-state index in [9.17, 15) is 19.2 Å². The zero-order valence-electron chi connectivity index (χ0n) is 81.1. The molecule has 1 atom stereocenters. The monoisotopic (exact) mass is 1970 g/mol. The van der Waals surface area contributed by atoms with Crippen molar-refractivity contribution in [2.75, 3.05) is 55.0 Å². The van der Waals surface area contributed by atoms with Crippen molar-refractivity contribution >= 4 is 114 Å². The molecule has 28 nitrogen and oxygen atoms in total. The minimum atomic E-state index is -0.128. The van der Waals surface area contributed by atoms with E-state index < -0.39 is 0 Å². The zero-order valence-corrected chi connectivity index (χ0v) is 84.1. The maximum absolute atomic E-state index is 13.6. The molecule has 141 heavy (non-hydrogen) atoms. The van der Waals surface area contributed by atoms with E-state index >= 15 is 0 Å². The van der Waals surface area contributed by atoms with Crippen molar-refractivity contribution < 1.29 is 0 Å². The second kappa shape index (κ2) is 44.8. The van der Waals surface area contributed by atoms with Crippen LogP contribution in [0.3, 0.4) is 0 Å². The molecule has 1 saturated heterocycles. The van der Waals surface area contributed by atoms with E-state index in [1.165, 1.54) is 12.8 Å². The Hall–Kier alpha value is -13.2. The third-order valence-electron chi connectivity index (χ3n) is 26.9. The molecule has 0 radical (unpaired) electrons. The SMILES string of the molecule is CCn1c(=O)c(-c2ccc(-c3cccc(C)n3)cc2Cl)cc2cnc(NC3CCC(CN(C)C)CC3)nc21.CCn1c(=O)c(-c2ccc(-c3cccc(C)n3)cc2Cl)cc2cnc(NC3CCC(N)CC3)nc21.CCn1c(=O)c(-c2ccc(-c3cccc(C)n3)cc2Cl)cc2cnc(NC3CCC(N)CC3)nc21.CCn1c(=O)c(-c2ccc(-c3ncccc3C)cc2Cl)cc2cnc(NC3CCNC3)nc21. The van der Waals surface area contributed by atoms with Crippen molar-refractivity contribution in [1.82, 2.24) is 88.3 Å². The number of aryl methyl sites for hydroxylation is 8. The molecule has 0 bridgehead atoms. The van der Waals surface area contributed by atoms with E-state index in [-0.39, 0.29) is 34.3 Å². The van der Waals surface area contributed by atoms with Crippen molar-refractivity contribution in [1.29, 1.82) is 0 Å². The second-order valence-corrected chi connectivity index (χ2v) is 38.9. The van der Waals surface area contributed by atoms with E-state index in [1.807, 2.05) is 219 Å². The van der Waals surface area contributed by atoms with Gasteiger partial charge in [-0.1, -0.05) is 119 Å². The third-order valence-corrected chi connectivity index (χ3v) is 28.1. The molecule has 0 spiro atoms. The van der Waals surface area contributed by atoms with Gasteiger partial charge in [-0.3, -0.25) is 57.4 Å². The highest BCUT2D eigenvalue weighted by Crippen LogP contribution is 2.39. The lowest BCUT2D eigenvalue weighted by Crippen LogP contribution is -2.33. The number of fused-ring (bicyclic) bond motifs is 4. The fraction of sp³-hybridized carbons (Fsp3) is 0.339. The molecule has 4 aliphatic rings. The summed E-state index contributed by atoms with van der Waals surface area (Å²) in [4.78, 5) is 112. The Morgan fingerprint density at radius 3 is 0.957 bits per heavy atom. The summed E-state index contributed by atoms with van der Waals surface area (Å²) in [5.41, 5.74) is 29.8. The molecule has 726 valence electrons. The van der Waals surface area contributed by atoms with Crippen LogP contribution in [-0.2, 0) is 26.2 Å². The molecule has 9 N–H and O–H groups in total. The number of aromatic nitrogens is 16. The minimum Gasteiger partial charge on any atom is -0.351 e. The van der Waals surface area contributed by atoms with Crippen molar-refractivity contribution in [2.24, 2.45) is 17.4 Å². The number of anilines is 4. The molecule has 32 heteroatoms. The molecule has 1 unspecified atom stereocenters. The first-order chi connectivity index (χ1) is 68.2. The van der Waals surface area contributed by atoms with Gasteiger partial charge in [-0.05, 0) is 262 Å². The first kappa shape index (κ1) is 99.4. The average molecular weight is 1970 g/mol. The molecule has 16 aromatic rings. The summed E-state index contributed by atoms with van der Waals surface area (Å²) in [6.07, 6.45) is 22.5. The number of halogens is 4. The van der Waals surface area contributed by atoms with Crippen LogP contribution < -0.4 is 60.3 Å². The number of hydrogen-bond acceptors (Lipinski definition) is 24. The largest absolute Gasteiger partial charge is 0.351 e. The number of nitrogens with one attached hydrogen (secondary N) is 5. The van der Waals surface area contributed by atoms with E-state index in [0.29, 0.717) is 161 Å². The highest BCUT2D eigenvalue weighted by Gasteiger charge is 2.28. The van der Waals surface area contributed by atoms with Crippen molar-refractivity contribution in [2.45, 2.75) is 201 Å². The van der Waals surface area contributed by atoms with Gasteiger partial charge in [0.15, 0.2) is 0 Å². The molecular formula is C109H118Cl4N24O4. The predicted molar refractivity (Wildman–Crippen MR) is 572 cm³/mol. The first-order valence-corrected chi connectivity index (χ1v) is 50.2. The van der Waals surface area contributed by atoms with Gasteiger partial charge >= 0.3 is 0 Å².